The average molecular weight is 311 g/mol. The molecule has 5 heteroatoms. The van der Waals surface area contributed by atoms with Crippen LogP contribution in [0.4, 0.5) is 0 Å². The van der Waals surface area contributed by atoms with Gasteiger partial charge in [-0.25, -0.2) is 0 Å². The summed E-state index contributed by atoms with van der Waals surface area (Å²) >= 11 is 1.59. The number of aliphatic hydroxyl groups is 3. The van der Waals surface area contributed by atoms with Gasteiger partial charge < -0.3 is 15.3 Å². The molecule has 1 aliphatic heterocycles. The van der Waals surface area contributed by atoms with Gasteiger partial charge in [0.1, 0.15) is 0 Å². The molecule has 0 spiro atoms. The molecular weight excluding hydrogens is 286 g/mol. The monoisotopic (exact) mass is 311 g/mol. The summed E-state index contributed by atoms with van der Waals surface area (Å²) in [7, 11) is 0. The number of thioether (sulfide) groups is 1. The molecule has 1 fully saturated rings. The molecular formula is C16H25NO3S. The summed E-state index contributed by atoms with van der Waals surface area (Å²) in [6.45, 7) is 3.53. The van der Waals surface area contributed by atoms with E-state index in [1.165, 1.54) is 0 Å². The van der Waals surface area contributed by atoms with E-state index in [9.17, 15) is 15.3 Å². The lowest BCUT2D eigenvalue weighted by atomic mass is 9.95. The maximum Gasteiger partial charge on any atom is 0.0987 e. The van der Waals surface area contributed by atoms with Crippen LogP contribution >= 0.6 is 11.8 Å². The highest BCUT2D eigenvalue weighted by Gasteiger charge is 2.41. The van der Waals surface area contributed by atoms with Gasteiger partial charge in [0.25, 0.3) is 0 Å². The summed E-state index contributed by atoms with van der Waals surface area (Å²) < 4.78 is 0. The van der Waals surface area contributed by atoms with E-state index in [0.29, 0.717) is 6.54 Å². The van der Waals surface area contributed by atoms with Crippen LogP contribution in [0.25, 0.3) is 0 Å². The number of piperidine rings is 1. The van der Waals surface area contributed by atoms with Crippen LogP contribution in [0.1, 0.15) is 19.8 Å². The second-order valence-electron chi connectivity index (χ2n) is 5.55. The van der Waals surface area contributed by atoms with Crippen molar-refractivity contribution >= 4 is 11.8 Å². The van der Waals surface area contributed by atoms with Crippen molar-refractivity contribution in [1.29, 1.82) is 0 Å². The number of hydrogen-bond donors (Lipinski definition) is 3. The van der Waals surface area contributed by atoms with Crippen LogP contribution in [0.2, 0.25) is 0 Å². The lowest BCUT2D eigenvalue weighted by Crippen LogP contribution is -2.61. The van der Waals surface area contributed by atoms with Gasteiger partial charge in [-0.2, -0.15) is 0 Å². The van der Waals surface area contributed by atoms with E-state index in [-0.39, 0.29) is 17.9 Å². The van der Waals surface area contributed by atoms with Crippen molar-refractivity contribution in [2.24, 2.45) is 0 Å². The van der Waals surface area contributed by atoms with Crippen LogP contribution in [0.3, 0.4) is 0 Å². The molecule has 1 aliphatic rings. The molecule has 0 aromatic heterocycles. The van der Waals surface area contributed by atoms with E-state index in [0.717, 1.165) is 24.3 Å². The molecule has 4 atom stereocenters. The van der Waals surface area contributed by atoms with Crippen molar-refractivity contribution in [2.45, 2.75) is 48.2 Å². The van der Waals surface area contributed by atoms with Crippen LogP contribution in [0, 0.1) is 0 Å². The van der Waals surface area contributed by atoms with E-state index >= 15 is 0 Å². The Kier molecular flexibility index (Phi) is 6.51. The molecule has 2 rings (SSSR count). The Labute approximate surface area is 130 Å². The predicted molar refractivity (Wildman–Crippen MR) is 85.5 cm³/mol. The number of unbranched alkanes of at least 4 members (excludes halogenated alkanes) is 1. The highest BCUT2D eigenvalue weighted by Crippen LogP contribution is 2.32. The molecule has 21 heavy (non-hydrogen) atoms. The van der Waals surface area contributed by atoms with Gasteiger partial charge in [0, 0.05) is 11.4 Å². The number of hydrogen-bond acceptors (Lipinski definition) is 5. The minimum absolute atomic E-state index is 0.0814. The molecule has 118 valence electrons. The summed E-state index contributed by atoms with van der Waals surface area (Å²) in [5.74, 6) is 0. The van der Waals surface area contributed by atoms with E-state index in [1.54, 1.807) is 11.8 Å². The van der Waals surface area contributed by atoms with Crippen molar-refractivity contribution in [2.75, 3.05) is 19.7 Å². The van der Waals surface area contributed by atoms with Crippen LogP contribution in [0.5, 0.6) is 0 Å². The molecule has 0 bridgehead atoms. The zero-order chi connectivity index (χ0) is 15.2. The fourth-order valence-corrected chi connectivity index (χ4v) is 3.99. The largest absolute Gasteiger partial charge is 0.395 e. The molecule has 1 aromatic carbocycles. The van der Waals surface area contributed by atoms with Gasteiger partial charge in [-0.1, -0.05) is 31.5 Å². The summed E-state index contributed by atoms with van der Waals surface area (Å²) in [5, 5.41) is 30.0. The normalized spacial score (nSPS) is 30.5. The third kappa shape index (κ3) is 4.20. The first-order chi connectivity index (χ1) is 10.2. The Morgan fingerprint density at radius 2 is 1.90 bits per heavy atom. The first-order valence-electron chi connectivity index (χ1n) is 7.60. The van der Waals surface area contributed by atoms with Crippen molar-refractivity contribution in [3.05, 3.63) is 30.3 Å². The minimum atomic E-state index is -0.901. The summed E-state index contributed by atoms with van der Waals surface area (Å²) in [6.07, 6.45) is 0.387. The number of benzene rings is 1. The number of aliphatic hydroxyl groups excluding tert-OH is 3. The lowest BCUT2D eigenvalue weighted by Gasteiger charge is -2.44. The van der Waals surface area contributed by atoms with Crippen LogP contribution < -0.4 is 0 Å². The molecule has 0 radical (unpaired) electrons. The predicted octanol–water partition coefficient (Wildman–Crippen LogP) is 1.35. The van der Waals surface area contributed by atoms with Gasteiger partial charge in [0.05, 0.1) is 30.1 Å². The molecule has 0 amide bonds. The Morgan fingerprint density at radius 3 is 2.52 bits per heavy atom. The number of rotatable bonds is 6. The van der Waals surface area contributed by atoms with Gasteiger partial charge in [0.2, 0.25) is 0 Å². The average Bonchev–Trinajstić information content (AvgIpc) is 2.51. The van der Waals surface area contributed by atoms with E-state index in [1.807, 2.05) is 30.3 Å². The second kappa shape index (κ2) is 8.15. The van der Waals surface area contributed by atoms with E-state index < -0.39 is 12.2 Å². The third-order valence-electron chi connectivity index (χ3n) is 4.03. The Balaban J connectivity index is 2.07. The number of nitrogens with zero attached hydrogens (tertiary/aromatic N) is 1. The second-order valence-corrected chi connectivity index (χ2v) is 6.86. The molecule has 1 unspecified atom stereocenters. The summed E-state index contributed by atoms with van der Waals surface area (Å²) in [5.41, 5.74) is 0. The molecule has 1 aromatic rings. The standard InChI is InChI=1S/C16H25NO3S/c1-2-3-9-17-10-14(16(20)15(19)13(17)11-18)21-12-7-5-4-6-8-12/h4-8,13-16,18-20H,2-3,9-11H2,1H3/t13?,14-,15+,16+/m0/s1. The fourth-order valence-electron chi connectivity index (χ4n) is 2.76. The first-order valence-corrected chi connectivity index (χ1v) is 8.48. The first kappa shape index (κ1) is 16.8. The maximum absolute atomic E-state index is 10.3. The van der Waals surface area contributed by atoms with Crippen LogP contribution in [0.15, 0.2) is 35.2 Å². The zero-order valence-electron chi connectivity index (χ0n) is 12.4. The molecule has 0 saturated carbocycles. The molecule has 3 N–H and O–H groups in total. The zero-order valence-corrected chi connectivity index (χ0v) is 13.2. The highest BCUT2D eigenvalue weighted by molar-refractivity contribution is 8.00. The molecule has 0 aliphatic carbocycles. The Hall–Kier alpha value is -0.590. The molecule has 4 nitrogen and oxygen atoms in total. The van der Waals surface area contributed by atoms with Gasteiger partial charge in [-0.3, -0.25) is 4.90 Å². The van der Waals surface area contributed by atoms with Crippen LogP contribution in [-0.4, -0.2) is 63.4 Å². The van der Waals surface area contributed by atoms with Crippen molar-refractivity contribution in [3.8, 4) is 0 Å². The van der Waals surface area contributed by atoms with Crippen LogP contribution in [-0.2, 0) is 0 Å². The van der Waals surface area contributed by atoms with Gasteiger partial charge in [-0.15, -0.1) is 11.8 Å². The topological polar surface area (TPSA) is 63.9 Å². The Morgan fingerprint density at radius 1 is 1.19 bits per heavy atom. The smallest absolute Gasteiger partial charge is 0.0987 e. The van der Waals surface area contributed by atoms with E-state index in [4.69, 9.17) is 0 Å². The van der Waals surface area contributed by atoms with Crippen molar-refractivity contribution < 1.29 is 15.3 Å². The fraction of sp³-hybridized carbons (Fsp3) is 0.625. The van der Waals surface area contributed by atoms with Crippen molar-refractivity contribution in [1.82, 2.24) is 4.90 Å². The maximum atomic E-state index is 10.3. The van der Waals surface area contributed by atoms with Crippen molar-refractivity contribution in [3.63, 3.8) is 0 Å². The third-order valence-corrected chi connectivity index (χ3v) is 5.30. The van der Waals surface area contributed by atoms with Gasteiger partial charge >= 0.3 is 0 Å². The van der Waals surface area contributed by atoms with E-state index in [2.05, 4.69) is 11.8 Å². The van der Waals surface area contributed by atoms with Gasteiger partial charge in [0.15, 0.2) is 0 Å². The summed E-state index contributed by atoms with van der Waals surface area (Å²) in [6, 6.07) is 9.57. The highest BCUT2D eigenvalue weighted by atomic mass is 32.2. The Bertz CT molecular complexity index is 417. The lowest BCUT2D eigenvalue weighted by molar-refractivity contribution is -0.0858. The minimum Gasteiger partial charge on any atom is -0.395 e. The SMILES string of the molecule is CCCCN1C[C@H](Sc2ccccc2)[C@@H](O)[C@H](O)C1CO. The summed E-state index contributed by atoms with van der Waals surface area (Å²) in [4.78, 5) is 3.20. The molecule has 1 heterocycles. The number of likely N-dealkylation sites (tertiary alicyclic amines) is 1. The molecule has 1 saturated heterocycles. The quantitative estimate of drug-likeness (QED) is 0.740. The van der Waals surface area contributed by atoms with Gasteiger partial charge in [-0.05, 0) is 25.1 Å².